The van der Waals surface area contributed by atoms with Crippen molar-refractivity contribution >= 4 is 29.2 Å². The van der Waals surface area contributed by atoms with Gasteiger partial charge in [0.25, 0.3) is 0 Å². The number of nitrogen functional groups attached to an aromatic ring is 1. The molecule has 0 unspecified atom stereocenters. The van der Waals surface area contributed by atoms with Gasteiger partial charge in [0.15, 0.2) is 5.82 Å². The molecular formula is C14H16N4OS. The van der Waals surface area contributed by atoms with Crippen molar-refractivity contribution in [3.8, 4) is 0 Å². The minimum absolute atomic E-state index is 0.0895. The van der Waals surface area contributed by atoms with Crippen LogP contribution in [-0.4, -0.2) is 21.6 Å². The monoisotopic (exact) mass is 288 g/mol. The Balaban J connectivity index is 1.91. The first kappa shape index (κ1) is 14.3. The quantitative estimate of drug-likeness (QED) is 0.825. The number of anilines is 2. The second kappa shape index (κ2) is 6.91. The zero-order valence-electron chi connectivity index (χ0n) is 11.2. The Kier molecular flexibility index (Phi) is 4.95. The molecule has 2 rings (SSSR count). The van der Waals surface area contributed by atoms with E-state index in [0.29, 0.717) is 10.8 Å². The lowest BCUT2D eigenvalue weighted by molar-refractivity contribution is -0.113. The van der Waals surface area contributed by atoms with Gasteiger partial charge in [-0.05, 0) is 24.1 Å². The maximum Gasteiger partial charge on any atom is 0.234 e. The topological polar surface area (TPSA) is 80.9 Å². The number of aryl methyl sites for hydroxylation is 1. The van der Waals surface area contributed by atoms with Crippen molar-refractivity contribution in [2.24, 2.45) is 0 Å². The van der Waals surface area contributed by atoms with Crippen LogP contribution >= 0.6 is 11.8 Å². The summed E-state index contributed by atoms with van der Waals surface area (Å²) in [4.78, 5) is 19.9. The number of carbonyl (C=O) groups excluding carboxylic acids is 1. The van der Waals surface area contributed by atoms with Gasteiger partial charge in [-0.25, -0.2) is 9.97 Å². The van der Waals surface area contributed by atoms with Gasteiger partial charge in [0.05, 0.1) is 5.75 Å². The van der Waals surface area contributed by atoms with E-state index in [2.05, 4.69) is 22.2 Å². The van der Waals surface area contributed by atoms with Gasteiger partial charge < -0.3 is 11.1 Å². The van der Waals surface area contributed by atoms with Crippen molar-refractivity contribution in [3.63, 3.8) is 0 Å². The van der Waals surface area contributed by atoms with E-state index in [4.69, 9.17) is 5.73 Å². The number of nitrogens with two attached hydrogens (primary N) is 1. The summed E-state index contributed by atoms with van der Waals surface area (Å²) < 4.78 is 0. The molecule has 3 N–H and O–H groups in total. The summed E-state index contributed by atoms with van der Waals surface area (Å²) in [6.07, 6.45) is 4.02. The molecule has 0 aliphatic rings. The lowest BCUT2D eigenvalue weighted by atomic mass is 10.1. The van der Waals surface area contributed by atoms with E-state index < -0.39 is 0 Å². The highest BCUT2D eigenvalue weighted by molar-refractivity contribution is 8.00. The maximum atomic E-state index is 11.9. The first-order chi connectivity index (χ1) is 9.69. The van der Waals surface area contributed by atoms with Crippen LogP contribution in [0.25, 0.3) is 0 Å². The predicted octanol–water partition coefficient (Wildman–Crippen LogP) is 2.35. The van der Waals surface area contributed by atoms with Crippen LogP contribution in [0.3, 0.4) is 0 Å². The second-order valence-corrected chi connectivity index (χ2v) is 5.10. The van der Waals surface area contributed by atoms with E-state index in [1.165, 1.54) is 23.5 Å². The Morgan fingerprint density at radius 3 is 2.90 bits per heavy atom. The number of thioether (sulfide) groups is 1. The highest BCUT2D eigenvalue weighted by atomic mass is 32.2. The van der Waals surface area contributed by atoms with Gasteiger partial charge in [0, 0.05) is 18.1 Å². The summed E-state index contributed by atoms with van der Waals surface area (Å²) in [5, 5.41) is 3.43. The van der Waals surface area contributed by atoms with Gasteiger partial charge in [0.2, 0.25) is 5.91 Å². The molecule has 1 heterocycles. The van der Waals surface area contributed by atoms with Gasteiger partial charge in [0.1, 0.15) is 5.03 Å². The van der Waals surface area contributed by atoms with Crippen LogP contribution in [0.1, 0.15) is 12.5 Å². The van der Waals surface area contributed by atoms with Crippen molar-refractivity contribution in [1.82, 2.24) is 9.97 Å². The number of nitrogens with zero attached hydrogens (tertiary/aromatic N) is 2. The molecule has 1 aromatic carbocycles. The summed E-state index contributed by atoms with van der Waals surface area (Å²) in [7, 11) is 0. The molecule has 1 aromatic heterocycles. The molecular weight excluding hydrogens is 272 g/mol. The molecule has 0 saturated heterocycles. The summed E-state index contributed by atoms with van der Waals surface area (Å²) >= 11 is 1.27. The Morgan fingerprint density at radius 2 is 2.15 bits per heavy atom. The van der Waals surface area contributed by atoms with E-state index in [1.807, 2.05) is 24.3 Å². The number of amides is 1. The third-order valence-corrected chi connectivity index (χ3v) is 3.64. The minimum atomic E-state index is -0.0895. The number of hydrogen-bond acceptors (Lipinski definition) is 5. The number of aromatic nitrogens is 2. The lowest BCUT2D eigenvalue weighted by Gasteiger charge is -2.07. The van der Waals surface area contributed by atoms with Crippen molar-refractivity contribution in [2.45, 2.75) is 18.4 Å². The molecule has 0 aliphatic carbocycles. The molecule has 0 radical (unpaired) electrons. The molecule has 20 heavy (non-hydrogen) atoms. The molecule has 5 nitrogen and oxygen atoms in total. The van der Waals surface area contributed by atoms with Gasteiger partial charge in [-0.2, -0.15) is 0 Å². The standard InChI is InChI=1S/C14H16N4OS/c1-2-10-4-3-5-11(8-10)18-12(19)9-20-14-13(15)16-6-7-17-14/h3-8H,2,9H2,1H3,(H2,15,16)(H,18,19). The van der Waals surface area contributed by atoms with Crippen LogP contribution < -0.4 is 11.1 Å². The molecule has 1 amide bonds. The fraction of sp³-hybridized carbons (Fsp3) is 0.214. The Labute approximate surface area is 122 Å². The Morgan fingerprint density at radius 1 is 1.35 bits per heavy atom. The Bertz CT molecular complexity index is 603. The predicted molar refractivity (Wildman–Crippen MR) is 81.6 cm³/mol. The normalized spacial score (nSPS) is 10.2. The number of nitrogens with one attached hydrogen (secondary N) is 1. The molecule has 0 bridgehead atoms. The van der Waals surface area contributed by atoms with Crippen LogP contribution in [0.15, 0.2) is 41.7 Å². The molecule has 0 fully saturated rings. The van der Waals surface area contributed by atoms with E-state index in [-0.39, 0.29) is 11.7 Å². The van der Waals surface area contributed by atoms with Gasteiger partial charge >= 0.3 is 0 Å². The maximum absolute atomic E-state index is 11.9. The van der Waals surface area contributed by atoms with Crippen molar-refractivity contribution in [3.05, 3.63) is 42.2 Å². The van der Waals surface area contributed by atoms with E-state index >= 15 is 0 Å². The average molecular weight is 288 g/mol. The molecule has 0 saturated carbocycles. The van der Waals surface area contributed by atoms with Crippen molar-refractivity contribution < 1.29 is 4.79 Å². The summed E-state index contributed by atoms with van der Waals surface area (Å²) in [5.41, 5.74) is 7.67. The first-order valence-corrected chi connectivity index (χ1v) is 7.25. The lowest BCUT2D eigenvalue weighted by Crippen LogP contribution is -2.14. The molecule has 0 atom stereocenters. The highest BCUT2D eigenvalue weighted by Gasteiger charge is 2.07. The van der Waals surface area contributed by atoms with Crippen LogP contribution in [-0.2, 0) is 11.2 Å². The van der Waals surface area contributed by atoms with Crippen molar-refractivity contribution in [1.29, 1.82) is 0 Å². The van der Waals surface area contributed by atoms with Gasteiger partial charge in [-0.15, -0.1) is 0 Å². The molecule has 6 heteroatoms. The summed E-state index contributed by atoms with van der Waals surface area (Å²) in [6.45, 7) is 2.08. The first-order valence-electron chi connectivity index (χ1n) is 6.27. The smallest absolute Gasteiger partial charge is 0.234 e. The average Bonchev–Trinajstić information content (AvgIpc) is 2.46. The van der Waals surface area contributed by atoms with Crippen LogP contribution in [0.2, 0.25) is 0 Å². The number of hydrogen-bond donors (Lipinski definition) is 2. The van der Waals surface area contributed by atoms with Crippen molar-refractivity contribution in [2.75, 3.05) is 16.8 Å². The fourth-order valence-corrected chi connectivity index (χ4v) is 2.32. The third kappa shape index (κ3) is 3.96. The van der Waals surface area contributed by atoms with Crippen LogP contribution in [0, 0.1) is 0 Å². The summed E-state index contributed by atoms with van der Waals surface area (Å²) in [6, 6.07) is 7.81. The van der Waals surface area contributed by atoms with Crippen LogP contribution in [0.5, 0.6) is 0 Å². The molecule has 0 spiro atoms. The zero-order valence-corrected chi connectivity index (χ0v) is 12.0. The zero-order chi connectivity index (χ0) is 14.4. The molecule has 0 aliphatic heterocycles. The van der Waals surface area contributed by atoms with E-state index in [9.17, 15) is 4.79 Å². The van der Waals surface area contributed by atoms with Crippen LogP contribution in [0.4, 0.5) is 11.5 Å². The second-order valence-electron chi connectivity index (χ2n) is 4.14. The van der Waals surface area contributed by atoms with Gasteiger partial charge in [-0.3, -0.25) is 4.79 Å². The fourth-order valence-electron chi connectivity index (χ4n) is 1.65. The Hall–Kier alpha value is -2.08. The summed E-state index contributed by atoms with van der Waals surface area (Å²) in [5.74, 6) is 0.505. The largest absolute Gasteiger partial charge is 0.381 e. The number of rotatable bonds is 5. The minimum Gasteiger partial charge on any atom is -0.381 e. The van der Waals surface area contributed by atoms with Gasteiger partial charge in [-0.1, -0.05) is 30.8 Å². The van der Waals surface area contributed by atoms with E-state index in [0.717, 1.165) is 12.1 Å². The number of benzene rings is 1. The SMILES string of the molecule is CCc1cccc(NC(=O)CSc2nccnc2N)c1. The molecule has 2 aromatic rings. The molecule has 104 valence electrons. The highest BCUT2D eigenvalue weighted by Crippen LogP contribution is 2.20. The van der Waals surface area contributed by atoms with E-state index in [1.54, 1.807) is 6.20 Å². The number of carbonyl (C=O) groups is 1. The third-order valence-electron chi connectivity index (χ3n) is 2.65.